The number of rotatable bonds is 5. The van der Waals surface area contributed by atoms with E-state index in [1.54, 1.807) is 0 Å². The van der Waals surface area contributed by atoms with Gasteiger partial charge in [-0.3, -0.25) is 0 Å². The molecule has 0 bridgehead atoms. The third kappa shape index (κ3) is 5.21. The molecule has 8 aromatic carbocycles. The molecule has 278 valence electrons. The minimum Gasteiger partial charge on any atom is -0.309 e. The minimum absolute atomic E-state index is 0.0668. The van der Waals surface area contributed by atoms with Crippen LogP contribution in [0.4, 0.5) is 17.1 Å². The molecular weight excluding hydrogens is 687 g/mol. The van der Waals surface area contributed by atoms with Gasteiger partial charge in [-0.05, 0) is 115 Å². The first-order valence-electron chi connectivity index (χ1n) is 21.1. The Balaban J connectivity index is 1.17. The second-order valence-corrected chi connectivity index (χ2v) is 17.9. The Morgan fingerprint density at radius 2 is 0.965 bits per heavy atom. The highest BCUT2D eigenvalue weighted by atomic mass is 15.1. The maximum absolute atomic E-state index is 2.58. The van der Waals surface area contributed by atoms with Gasteiger partial charge in [-0.1, -0.05) is 180 Å². The molecule has 0 spiro atoms. The van der Waals surface area contributed by atoms with Crippen LogP contribution in [0.25, 0.3) is 54.9 Å². The van der Waals surface area contributed by atoms with Gasteiger partial charge in [-0.25, -0.2) is 0 Å². The Hall–Kier alpha value is -5.92. The lowest BCUT2D eigenvalue weighted by Gasteiger charge is -2.32. The van der Waals surface area contributed by atoms with Gasteiger partial charge in [0.2, 0.25) is 0 Å². The molecule has 0 unspecified atom stereocenters. The molecule has 57 heavy (non-hydrogen) atoms. The number of fused-ring (bicyclic) bond motifs is 8. The number of hydrogen-bond acceptors (Lipinski definition) is 1. The van der Waals surface area contributed by atoms with Crippen molar-refractivity contribution in [1.29, 1.82) is 0 Å². The smallest absolute Gasteiger partial charge is 0.0618 e. The van der Waals surface area contributed by atoms with E-state index in [9.17, 15) is 0 Å². The standard InChI is InChI=1S/C56H49N/c1-55(2)50-24-13-12-22-45(50)49-34-40(28-32-51(49)55)57(54-43-21-11-9-18-38(43)25-30-48(54)44-23-14-19-37-17-8-10-20-42(37)44)41-27-31-47-46-29-26-39(36-15-6-5-7-16-36)33-52(46)56(3,4)53(47)35-41/h8-14,17-36H,5-7,15-16H2,1-4H3. The first-order valence-corrected chi connectivity index (χ1v) is 21.1. The number of benzene rings is 8. The monoisotopic (exact) mass is 735 g/mol. The summed E-state index contributed by atoms with van der Waals surface area (Å²) in [5.74, 6) is 0.684. The predicted octanol–water partition coefficient (Wildman–Crippen LogP) is 15.8. The molecule has 0 heterocycles. The van der Waals surface area contributed by atoms with Crippen molar-refractivity contribution in [2.45, 2.75) is 76.5 Å². The van der Waals surface area contributed by atoms with Crippen LogP contribution in [0.5, 0.6) is 0 Å². The average molecular weight is 736 g/mol. The van der Waals surface area contributed by atoms with Gasteiger partial charge in [0, 0.05) is 33.2 Å². The summed E-state index contributed by atoms with van der Waals surface area (Å²) in [5.41, 5.74) is 18.5. The number of hydrogen-bond donors (Lipinski definition) is 0. The molecule has 1 saturated carbocycles. The van der Waals surface area contributed by atoms with Crippen molar-refractivity contribution >= 4 is 38.6 Å². The van der Waals surface area contributed by atoms with E-state index in [0.29, 0.717) is 5.92 Å². The van der Waals surface area contributed by atoms with Gasteiger partial charge in [0.15, 0.2) is 0 Å². The molecule has 3 aliphatic rings. The van der Waals surface area contributed by atoms with E-state index < -0.39 is 0 Å². The largest absolute Gasteiger partial charge is 0.309 e. The highest BCUT2D eigenvalue weighted by molar-refractivity contribution is 6.10. The van der Waals surface area contributed by atoms with E-state index in [4.69, 9.17) is 0 Å². The van der Waals surface area contributed by atoms with Crippen molar-refractivity contribution in [2.75, 3.05) is 4.90 Å². The highest BCUT2D eigenvalue weighted by Crippen LogP contribution is 2.55. The molecule has 1 fully saturated rings. The van der Waals surface area contributed by atoms with Crippen LogP contribution in [-0.2, 0) is 10.8 Å². The summed E-state index contributed by atoms with van der Waals surface area (Å²) < 4.78 is 0. The molecule has 1 nitrogen and oxygen atoms in total. The zero-order chi connectivity index (χ0) is 38.5. The van der Waals surface area contributed by atoms with E-state index in [1.165, 1.54) is 132 Å². The zero-order valence-electron chi connectivity index (χ0n) is 33.6. The van der Waals surface area contributed by atoms with E-state index >= 15 is 0 Å². The highest BCUT2D eigenvalue weighted by Gasteiger charge is 2.38. The van der Waals surface area contributed by atoms with Crippen LogP contribution in [0.3, 0.4) is 0 Å². The maximum Gasteiger partial charge on any atom is 0.0618 e. The van der Waals surface area contributed by atoms with Gasteiger partial charge in [0.05, 0.1) is 5.69 Å². The Bertz CT molecular complexity index is 2890. The summed E-state index contributed by atoms with van der Waals surface area (Å²) in [7, 11) is 0. The van der Waals surface area contributed by atoms with Gasteiger partial charge < -0.3 is 4.90 Å². The molecule has 0 radical (unpaired) electrons. The van der Waals surface area contributed by atoms with Crippen LogP contribution < -0.4 is 4.90 Å². The summed E-state index contributed by atoms with van der Waals surface area (Å²) in [6.07, 6.45) is 6.72. The molecule has 1 heteroatoms. The minimum atomic E-state index is -0.130. The van der Waals surface area contributed by atoms with Crippen molar-refractivity contribution in [2.24, 2.45) is 0 Å². The Labute approximate surface area is 337 Å². The molecule has 8 aromatic rings. The van der Waals surface area contributed by atoms with Crippen molar-refractivity contribution < 1.29 is 0 Å². The third-order valence-electron chi connectivity index (χ3n) is 14.0. The lowest BCUT2D eigenvalue weighted by atomic mass is 9.79. The first kappa shape index (κ1) is 34.3. The molecule has 0 N–H and O–H groups in total. The van der Waals surface area contributed by atoms with Crippen LogP contribution in [-0.4, -0.2) is 0 Å². The second-order valence-electron chi connectivity index (χ2n) is 17.9. The third-order valence-corrected chi connectivity index (χ3v) is 14.0. The van der Waals surface area contributed by atoms with Crippen molar-refractivity contribution in [1.82, 2.24) is 0 Å². The van der Waals surface area contributed by atoms with E-state index in [-0.39, 0.29) is 10.8 Å². The second kappa shape index (κ2) is 12.8. The molecule has 0 saturated heterocycles. The fraction of sp³-hybridized carbons (Fsp3) is 0.214. The molecule has 0 atom stereocenters. The van der Waals surface area contributed by atoms with Crippen molar-refractivity contribution in [3.63, 3.8) is 0 Å². The van der Waals surface area contributed by atoms with Crippen LogP contribution in [0.15, 0.2) is 158 Å². The van der Waals surface area contributed by atoms with E-state index in [0.717, 1.165) is 0 Å². The number of nitrogens with zero attached hydrogens (tertiary/aromatic N) is 1. The lowest BCUT2D eigenvalue weighted by molar-refractivity contribution is 0.443. The first-order chi connectivity index (χ1) is 27.8. The molecule has 0 aromatic heterocycles. The van der Waals surface area contributed by atoms with Gasteiger partial charge in [-0.15, -0.1) is 0 Å². The lowest BCUT2D eigenvalue weighted by Crippen LogP contribution is -2.18. The van der Waals surface area contributed by atoms with Gasteiger partial charge >= 0.3 is 0 Å². The van der Waals surface area contributed by atoms with Crippen molar-refractivity contribution in [3.05, 3.63) is 186 Å². The van der Waals surface area contributed by atoms with Crippen molar-refractivity contribution in [3.8, 4) is 33.4 Å². The predicted molar refractivity (Wildman–Crippen MR) is 243 cm³/mol. The fourth-order valence-corrected chi connectivity index (χ4v) is 11.0. The Morgan fingerprint density at radius 1 is 0.404 bits per heavy atom. The molecular formula is C56H49N. The van der Waals surface area contributed by atoms with E-state index in [1.807, 2.05) is 0 Å². The SMILES string of the molecule is CC1(C)c2ccccc2-c2cc(N(c3ccc4c(c3)C(C)(C)c3cc(C5CCCCC5)ccc3-4)c3c(-c4cccc5ccccc45)ccc4ccccc34)ccc21. The summed E-state index contributed by atoms with van der Waals surface area (Å²) in [5, 5.41) is 4.99. The Kier molecular flexibility index (Phi) is 7.71. The van der Waals surface area contributed by atoms with E-state index in [2.05, 4.69) is 190 Å². The molecule has 11 rings (SSSR count). The van der Waals surface area contributed by atoms with Gasteiger partial charge in [0.25, 0.3) is 0 Å². The zero-order valence-corrected chi connectivity index (χ0v) is 33.6. The summed E-state index contributed by atoms with van der Waals surface area (Å²) in [4.78, 5) is 2.58. The summed E-state index contributed by atoms with van der Waals surface area (Å²) in [6, 6.07) is 60.2. The molecule has 0 amide bonds. The maximum atomic E-state index is 2.58. The van der Waals surface area contributed by atoms with Crippen LogP contribution in [0.1, 0.15) is 93.5 Å². The fourth-order valence-electron chi connectivity index (χ4n) is 11.0. The van der Waals surface area contributed by atoms with Gasteiger partial charge in [-0.2, -0.15) is 0 Å². The van der Waals surface area contributed by atoms with Gasteiger partial charge in [0.1, 0.15) is 0 Å². The van der Waals surface area contributed by atoms with Crippen LogP contribution >= 0.6 is 0 Å². The molecule has 0 aliphatic heterocycles. The average Bonchev–Trinajstić information content (AvgIpc) is 3.62. The normalized spacial score (nSPS) is 16.3. The topological polar surface area (TPSA) is 3.24 Å². The van der Waals surface area contributed by atoms with Crippen LogP contribution in [0, 0.1) is 0 Å². The quantitative estimate of drug-likeness (QED) is 0.170. The Morgan fingerprint density at radius 3 is 1.79 bits per heavy atom. The summed E-state index contributed by atoms with van der Waals surface area (Å²) >= 11 is 0. The number of anilines is 3. The molecule has 3 aliphatic carbocycles. The summed E-state index contributed by atoms with van der Waals surface area (Å²) in [6.45, 7) is 9.64. The van der Waals surface area contributed by atoms with Crippen LogP contribution in [0.2, 0.25) is 0 Å².